The quantitative estimate of drug-likeness (QED) is 0.478. The fraction of sp³-hybridized carbons (Fsp3) is 0.333. The Morgan fingerprint density at radius 1 is 1.18 bits per heavy atom. The van der Waals surface area contributed by atoms with Gasteiger partial charge in [0.15, 0.2) is 10.9 Å². The highest BCUT2D eigenvalue weighted by molar-refractivity contribution is 7.22. The van der Waals surface area contributed by atoms with E-state index in [1.54, 1.807) is 17.4 Å². The predicted molar refractivity (Wildman–Crippen MR) is 115 cm³/mol. The number of anilines is 1. The van der Waals surface area contributed by atoms with E-state index >= 15 is 0 Å². The Kier molecular flexibility index (Phi) is 4.30. The normalized spacial score (nSPS) is 18.4. The number of aromatic nitrogens is 1. The molecule has 0 N–H and O–H groups in total. The Hall–Kier alpha value is -1.82. The van der Waals surface area contributed by atoms with Gasteiger partial charge in [-0.3, -0.25) is 4.79 Å². The number of fused-ring (bicyclic) bond motifs is 2. The Morgan fingerprint density at radius 2 is 1.96 bits per heavy atom. The molecule has 2 aliphatic heterocycles. The summed E-state index contributed by atoms with van der Waals surface area (Å²) < 4.78 is 7.48. The molecule has 1 aromatic heterocycles. The van der Waals surface area contributed by atoms with Crippen molar-refractivity contribution in [3.05, 3.63) is 51.5 Å². The number of piperidine rings is 1. The summed E-state index contributed by atoms with van der Waals surface area (Å²) in [6.45, 7) is 3.55. The molecule has 3 heterocycles. The van der Waals surface area contributed by atoms with Crippen molar-refractivity contribution in [1.29, 1.82) is 0 Å². The number of Topliss-reactive ketones (excluding diaryl/α,β-unsaturated/α-hetero) is 1. The lowest BCUT2D eigenvalue weighted by Gasteiger charge is -2.44. The smallest absolute Gasteiger partial charge is 0.186 e. The van der Waals surface area contributed by atoms with Crippen LogP contribution in [0.1, 0.15) is 35.2 Å². The van der Waals surface area contributed by atoms with Gasteiger partial charge in [0.05, 0.1) is 22.2 Å². The van der Waals surface area contributed by atoms with Crippen LogP contribution < -0.4 is 9.64 Å². The molecular formula is C21H18Cl2N2O2S. The summed E-state index contributed by atoms with van der Waals surface area (Å²) in [6, 6.07) is 9.40. The van der Waals surface area contributed by atoms with Gasteiger partial charge >= 0.3 is 0 Å². The van der Waals surface area contributed by atoms with Crippen LogP contribution in [0.2, 0.25) is 10.0 Å². The first-order chi connectivity index (χ1) is 13.4. The summed E-state index contributed by atoms with van der Waals surface area (Å²) in [5, 5.41) is 2.33. The van der Waals surface area contributed by atoms with E-state index in [4.69, 9.17) is 32.9 Å². The van der Waals surface area contributed by atoms with Crippen LogP contribution >= 0.6 is 34.5 Å². The minimum Gasteiger partial charge on any atom is -0.486 e. The van der Waals surface area contributed by atoms with Gasteiger partial charge in [0.25, 0.3) is 0 Å². The number of carbonyl (C=O) groups excluding carboxylic acids is 1. The molecule has 2 aromatic carbocycles. The fourth-order valence-corrected chi connectivity index (χ4v) is 5.48. The Balaban J connectivity index is 1.37. The number of ether oxygens (including phenoxy) is 1. The highest BCUT2D eigenvalue weighted by atomic mass is 35.5. The summed E-state index contributed by atoms with van der Waals surface area (Å²) >= 11 is 13.9. The number of thiazole rings is 1. The third-order valence-electron chi connectivity index (χ3n) is 5.65. The zero-order valence-corrected chi connectivity index (χ0v) is 17.6. The maximum absolute atomic E-state index is 12.7. The zero-order chi connectivity index (χ0) is 19.5. The summed E-state index contributed by atoms with van der Waals surface area (Å²) in [5.74, 6) is 0.785. The molecule has 0 unspecified atom stereocenters. The number of nitrogens with zero attached hydrogens (tertiary/aromatic N) is 2. The van der Waals surface area contributed by atoms with Gasteiger partial charge in [0, 0.05) is 36.0 Å². The van der Waals surface area contributed by atoms with Crippen LogP contribution in [-0.2, 0) is 0 Å². The molecule has 144 valence electrons. The Labute approximate surface area is 177 Å². The number of ketones is 1. The number of hydrogen-bond donors (Lipinski definition) is 0. The highest BCUT2D eigenvalue weighted by Gasteiger charge is 2.43. The lowest BCUT2D eigenvalue weighted by atomic mass is 9.82. The summed E-state index contributed by atoms with van der Waals surface area (Å²) in [5.41, 5.74) is 2.07. The molecule has 0 atom stereocenters. The number of aryl methyl sites for hydroxylation is 1. The lowest BCUT2D eigenvalue weighted by Crippen LogP contribution is -2.51. The van der Waals surface area contributed by atoms with Gasteiger partial charge in [-0.05, 0) is 42.8 Å². The molecule has 3 aromatic rings. The van der Waals surface area contributed by atoms with Gasteiger partial charge < -0.3 is 9.64 Å². The van der Waals surface area contributed by atoms with Crippen LogP contribution in [0, 0.1) is 6.92 Å². The van der Waals surface area contributed by atoms with Crippen LogP contribution in [0.15, 0.2) is 30.3 Å². The largest absolute Gasteiger partial charge is 0.486 e. The van der Waals surface area contributed by atoms with Crippen molar-refractivity contribution < 1.29 is 9.53 Å². The van der Waals surface area contributed by atoms with Crippen molar-refractivity contribution >= 4 is 55.7 Å². The maximum Gasteiger partial charge on any atom is 0.186 e. The van der Waals surface area contributed by atoms with Crippen LogP contribution in [-0.4, -0.2) is 29.5 Å². The van der Waals surface area contributed by atoms with Crippen molar-refractivity contribution in [3.8, 4) is 5.75 Å². The molecule has 0 amide bonds. The van der Waals surface area contributed by atoms with Crippen LogP contribution in [0.5, 0.6) is 5.75 Å². The lowest BCUT2D eigenvalue weighted by molar-refractivity contribution is 0.0232. The van der Waals surface area contributed by atoms with Gasteiger partial charge in [-0.25, -0.2) is 4.98 Å². The van der Waals surface area contributed by atoms with E-state index in [1.807, 2.05) is 31.2 Å². The molecule has 5 rings (SSSR count). The molecular weight excluding hydrogens is 415 g/mol. The Morgan fingerprint density at radius 3 is 2.75 bits per heavy atom. The van der Waals surface area contributed by atoms with Crippen molar-refractivity contribution in [2.24, 2.45) is 0 Å². The van der Waals surface area contributed by atoms with Crippen LogP contribution in [0.25, 0.3) is 10.2 Å². The molecule has 0 saturated carbocycles. The average Bonchev–Trinajstić information content (AvgIpc) is 3.07. The minimum atomic E-state index is -0.430. The standard InChI is InChI=1S/C21H18Cl2N2O2S/c1-12-8-18-14(10-15(12)23)17(26)11-21(27-18)4-6-25(7-5-21)20-24-16-3-2-13(22)9-19(16)28-20/h2-3,8-10H,4-7,11H2,1H3. The minimum absolute atomic E-state index is 0.117. The predicted octanol–water partition coefficient (Wildman–Crippen LogP) is 5.92. The molecule has 1 fully saturated rings. The zero-order valence-electron chi connectivity index (χ0n) is 15.3. The second kappa shape index (κ2) is 6.61. The number of benzene rings is 2. The van der Waals surface area contributed by atoms with E-state index in [0.29, 0.717) is 22.8 Å². The number of rotatable bonds is 1. The monoisotopic (exact) mass is 432 g/mol. The molecule has 7 heteroatoms. The van der Waals surface area contributed by atoms with Crippen molar-refractivity contribution in [2.75, 3.05) is 18.0 Å². The third kappa shape index (κ3) is 3.06. The van der Waals surface area contributed by atoms with Crippen molar-refractivity contribution in [3.63, 3.8) is 0 Å². The van der Waals surface area contributed by atoms with Gasteiger partial charge in [-0.15, -0.1) is 0 Å². The van der Waals surface area contributed by atoms with Gasteiger partial charge in [0.2, 0.25) is 0 Å². The van der Waals surface area contributed by atoms with Gasteiger partial charge in [-0.2, -0.15) is 0 Å². The Bertz CT molecular complexity index is 1100. The maximum atomic E-state index is 12.7. The first-order valence-electron chi connectivity index (χ1n) is 9.26. The van der Waals surface area contributed by atoms with Crippen molar-refractivity contribution in [1.82, 2.24) is 4.98 Å². The SMILES string of the molecule is Cc1cc2c(cc1Cl)C(=O)CC1(CCN(c3nc4ccc(Cl)cc4s3)CC1)O2. The molecule has 0 bridgehead atoms. The van der Waals surface area contributed by atoms with Gasteiger partial charge in [-0.1, -0.05) is 34.5 Å². The number of halogens is 2. The molecule has 1 saturated heterocycles. The summed E-state index contributed by atoms with van der Waals surface area (Å²) in [6.07, 6.45) is 1.98. The van der Waals surface area contributed by atoms with E-state index in [9.17, 15) is 4.79 Å². The third-order valence-corrected chi connectivity index (χ3v) is 7.38. The summed E-state index contributed by atoms with van der Waals surface area (Å²) in [7, 11) is 0. The average molecular weight is 433 g/mol. The second-order valence-electron chi connectivity index (χ2n) is 7.58. The van der Waals surface area contributed by atoms with E-state index in [0.717, 1.165) is 51.9 Å². The molecule has 4 nitrogen and oxygen atoms in total. The molecule has 0 aliphatic carbocycles. The molecule has 0 radical (unpaired) electrons. The van der Waals surface area contributed by atoms with Gasteiger partial charge in [0.1, 0.15) is 11.4 Å². The van der Waals surface area contributed by atoms with Crippen LogP contribution in [0.4, 0.5) is 5.13 Å². The molecule has 28 heavy (non-hydrogen) atoms. The fourth-order valence-electron chi connectivity index (χ4n) is 4.02. The van der Waals surface area contributed by atoms with Crippen molar-refractivity contribution in [2.45, 2.75) is 31.8 Å². The van der Waals surface area contributed by atoms with E-state index in [1.165, 1.54) is 0 Å². The number of carbonyl (C=O) groups is 1. The topological polar surface area (TPSA) is 42.4 Å². The highest BCUT2D eigenvalue weighted by Crippen LogP contribution is 2.42. The first kappa shape index (κ1) is 18.2. The first-order valence-corrected chi connectivity index (χ1v) is 10.8. The van der Waals surface area contributed by atoms with Crippen LogP contribution in [0.3, 0.4) is 0 Å². The van der Waals surface area contributed by atoms with E-state index in [2.05, 4.69) is 4.90 Å². The molecule has 2 aliphatic rings. The second-order valence-corrected chi connectivity index (χ2v) is 9.43. The van der Waals surface area contributed by atoms with E-state index < -0.39 is 5.60 Å². The number of hydrogen-bond acceptors (Lipinski definition) is 5. The molecule has 1 spiro atoms. The summed E-state index contributed by atoms with van der Waals surface area (Å²) in [4.78, 5) is 19.8. The van der Waals surface area contributed by atoms with E-state index in [-0.39, 0.29) is 5.78 Å².